The highest BCUT2D eigenvalue weighted by Gasteiger charge is 2.46. The normalized spacial score (nSPS) is 31.8. The van der Waals surface area contributed by atoms with E-state index in [0.29, 0.717) is 19.3 Å². The summed E-state index contributed by atoms with van der Waals surface area (Å²) >= 11 is 35.3. The SMILES string of the molecule is CCOCNc1nc(N)nc(N)n1.ClC1C(Cl)C(Cl)C(Cl)C(Cl)C1Cl. The van der Waals surface area contributed by atoms with Gasteiger partial charge in [-0.3, -0.25) is 0 Å². The van der Waals surface area contributed by atoms with Crippen LogP contribution in [-0.2, 0) is 4.74 Å². The summed E-state index contributed by atoms with van der Waals surface area (Å²) in [6.07, 6.45) is 0. The minimum absolute atomic E-state index is 0.0894. The predicted molar refractivity (Wildman–Crippen MR) is 107 cm³/mol. The van der Waals surface area contributed by atoms with E-state index in [1.54, 1.807) is 0 Å². The third-order valence-corrected chi connectivity index (χ3v) is 7.06. The molecule has 1 aliphatic rings. The molecular formula is C12H18Cl6N6O. The van der Waals surface area contributed by atoms with E-state index >= 15 is 0 Å². The van der Waals surface area contributed by atoms with Crippen molar-refractivity contribution in [2.45, 2.75) is 39.2 Å². The van der Waals surface area contributed by atoms with Crippen LogP contribution in [0.4, 0.5) is 17.8 Å². The van der Waals surface area contributed by atoms with Crippen LogP contribution >= 0.6 is 69.6 Å². The number of hydrogen-bond donors (Lipinski definition) is 3. The van der Waals surface area contributed by atoms with Crippen LogP contribution in [0.5, 0.6) is 0 Å². The minimum Gasteiger partial charge on any atom is -0.368 e. The van der Waals surface area contributed by atoms with Gasteiger partial charge >= 0.3 is 0 Å². The van der Waals surface area contributed by atoms with Crippen LogP contribution in [0.1, 0.15) is 6.92 Å². The Morgan fingerprint density at radius 2 is 1.16 bits per heavy atom. The van der Waals surface area contributed by atoms with Crippen LogP contribution in [0.2, 0.25) is 0 Å². The molecule has 0 saturated heterocycles. The zero-order valence-electron chi connectivity index (χ0n) is 13.1. The smallest absolute Gasteiger partial charge is 0.231 e. The molecule has 13 heteroatoms. The molecule has 1 aromatic rings. The number of nitrogens with one attached hydrogen (secondary N) is 1. The Morgan fingerprint density at radius 1 is 0.800 bits per heavy atom. The number of rotatable bonds is 4. The molecule has 144 valence electrons. The maximum absolute atomic E-state index is 5.88. The molecule has 0 bridgehead atoms. The fraction of sp³-hybridized carbons (Fsp3) is 0.750. The number of hydrogen-bond acceptors (Lipinski definition) is 7. The molecule has 1 heterocycles. The van der Waals surface area contributed by atoms with E-state index in [0.717, 1.165) is 0 Å². The van der Waals surface area contributed by atoms with Crippen LogP contribution in [0.15, 0.2) is 0 Å². The van der Waals surface area contributed by atoms with Gasteiger partial charge in [0.05, 0.1) is 32.3 Å². The molecule has 1 fully saturated rings. The van der Waals surface area contributed by atoms with Gasteiger partial charge in [-0.25, -0.2) is 0 Å². The molecular weight excluding hydrogens is 457 g/mol. The number of nitrogens with two attached hydrogens (primary N) is 2. The monoisotopic (exact) mass is 472 g/mol. The standard InChI is InChI=1S/C6H6Cl6.C6H12N6O/c7-1-2(8)4(10)6(12)5(11)3(1)9;1-2-13-3-9-6-11-4(7)10-5(8)12-6/h1-6H;2-3H2,1H3,(H5,7,8,9,10,11,12). The van der Waals surface area contributed by atoms with Gasteiger partial charge < -0.3 is 21.5 Å². The maximum Gasteiger partial charge on any atom is 0.231 e. The van der Waals surface area contributed by atoms with Gasteiger partial charge in [-0.15, -0.1) is 69.6 Å². The number of anilines is 3. The minimum atomic E-state index is -0.437. The van der Waals surface area contributed by atoms with E-state index in [1.165, 1.54) is 0 Å². The second kappa shape index (κ2) is 11.1. The molecule has 0 aromatic carbocycles. The lowest BCUT2D eigenvalue weighted by atomic mass is 9.97. The van der Waals surface area contributed by atoms with E-state index in [1.807, 2.05) is 6.92 Å². The van der Waals surface area contributed by atoms with Gasteiger partial charge in [-0.05, 0) is 6.92 Å². The van der Waals surface area contributed by atoms with Gasteiger partial charge in [-0.2, -0.15) is 15.0 Å². The van der Waals surface area contributed by atoms with E-state index in [2.05, 4.69) is 20.3 Å². The molecule has 2 rings (SSSR count). The molecule has 0 spiro atoms. The third-order valence-electron chi connectivity index (χ3n) is 3.03. The fourth-order valence-electron chi connectivity index (χ4n) is 1.76. The third kappa shape index (κ3) is 6.97. The average molecular weight is 475 g/mol. The Hall–Kier alpha value is 0.110. The first kappa shape index (κ1) is 23.1. The summed E-state index contributed by atoms with van der Waals surface area (Å²) in [4.78, 5) is 11.2. The molecule has 0 atom stereocenters. The summed E-state index contributed by atoms with van der Waals surface area (Å²) in [6.45, 7) is 2.82. The second-order valence-corrected chi connectivity index (χ2v) is 7.88. The average Bonchev–Trinajstić information content (AvgIpc) is 2.56. The highest BCUT2D eigenvalue weighted by atomic mass is 35.5. The molecule has 1 saturated carbocycles. The van der Waals surface area contributed by atoms with Gasteiger partial charge in [0.25, 0.3) is 0 Å². The highest BCUT2D eigenvalue weighted by molar-refractivity contribution is 6.45. The van der Waals surface area contributed by atoms with Gasteiger partial charge in [0, 0.05) is 6.61 Å². The molecule has 0 amide bonds. The number of halogens is 6. The lowest BCUT2D eigenvalue weighted by Crippen LogP contribution is -2.52. The number of nitrogen functional groups attached to an aromatic ring is 2. The largest absolute Gasteiger partial charge is 0.368 e. The Bertz CT molecular complexity index is 464. The predicted octanol–water partition coefficient (Wildman–Crippen LogP) is 3.09. The first-order valence-electron chi connectivity index (χ1n) is 7.12. The van der Waals surface area contributed by atoms with Crippen molar-refractivity contribution in [1.29, 1.82) is 0 Å². The van der Waals surface area contributed by atoms with Gasteiger partial charge in [0.15, 0.2) is 0 Å². The molecule has 1 aromatic heterocycles. The molecule has 1 aliphatic carbocycles. The summed E-state index contributed by atoms with van der Waals surface area (Å²) in [7, 11) is 0. The van der Waals surface area contributed by atoms with Crippen molar-refractivity contribution >= 4 is 87.5 Å². The zero-order valence-corrected chi connectivity index (χ0v) is 17.6. The number of ether oxygens (including phenoxy) is 1. The first-order valence-corrected chi connectivity index (χ1v) is 9.73. The Labute approximate surface area is 176 Å². The Morgan fingerprint density at radius 3 is 1.48 bits per heavy atom. The Kier molecular flexibility index (Phi) is 10.2. The number of alkyl halides is 6. The topological polar surface area (TPSA) is 112 Å². The van der Waals surface area contributed by atoms with Crippen LogP contribution in [-0.4, -0.2) is 60.6 Å². The maximum atomic E-state index is 5.88. The first-order chi connectivity index (χ1) is 11.7. The van der Waals surface area contributed by atoms with Gasteiger partial charge in [0.1, 0.15) is 6.73 Å². The van der Waals surface area contributed by atoms with E-state index in [-0.39, 0.29) is 11.9 Å². The fourth-order valence-corrected chi connectivity index (χ4v) is 4.09. The van der Waals surface area contributed by atoms with Crippen LogP contribution in [0.3, 0.4) is 0 Å². The molecule has 0 unspecified atom stereocenters. The van der Waals surface area contributed by atoms with Crippen molar-refractivity contribution in [1.82, 2.24) is 15.0 Å². The van der Waals surface area contributed by atoms with Crippen LogP contribution in [0.25, 0.3) is 0 Å². The van der Waals surface area contributed by atoms with E-state index in [9.17, 15) is 0 Å². The summed E-state index contributed by atoms with van der Waals surface area (Å²) < 4.78 is 5.02. The van der Waals surface area contributed by atoms with Crippen molar-refractivity contribution in [3.05, 3.63) is 0 Å². The second-order valence-electron chi connectivity index (χ2n) is 4.86. The molecule has 0 radical (unpaired) electrons. The van der Waals surface area contributed by atoms with Crippen molar-refractivity contribution < 1.29 is 4.74 Å². The quantitative estimate of drug-likeness (QED) is 0.349. The summed E-state index contributed by atoms with van der Waals surface area (Å²) in [5.41, 5.74) is 10.7. The molecule has 25 heavy (non-hydrogen) atoms. The lowest BCUT2D eigenvalue weighted by molar-refractivity contribution is 0.166. The van der Waals surface area contributed by atoms with Gasteiger partial charge in [-0.1, -0.05) is 0 Å². The molecule has 0 aliphatic heterocycles. The van der Waals surface area contributed by atoms with Crippen molar-refractivity contribution in [3.63, 3.8) is 0 Å². The molecule has 7 nitrogen and oxygen atoms in total. The van der Waals surface area contributed by atoms with Crippen molar-refractivity contribution in [3.8, 4) is 0 Å². The van der Waals surface area contributed by atoms with Crippen molar-refractivity contribution in [2.75, 3.05) is 30.1 Å². The highest BCUT2D eigenvalue weighted by Crippen LogP contribution is 2.39. The van der Waals surface area contributed by atoms with Crippen LogP contribution in [0, 0.1) is 0 Å². The van der Waals surface area contributed by atoms with E-state index < -0.39 is 32.3 Å². The van der Waals surface area contributed by atoms with Gasteiger partial charge in [0.2, 0.25) is 17.8 Å². The van der Waals surface area contributed by atoms with E-state index in [4.69, 9.17) is 85.8 Å². The van der Waals surface area contributed by atoms with Crippen molar-refractivity contribution in [2.24, 2.45) is 0 Å². The summed E-state index contributed by atoms with van der Waals surface area (Å²) in [5.74, 6) is 0.497. The van der Waals surface area contributed by atoms with Crippen LogP contribution < -0.4 is 16.8 Å². The molecule has 5 N–H and O–H groups in total. The zero-order chi connectivity index (χ0) is 19.1. The Balaban J connectivity index is 0.000000251. The summed E-state index contributed by atoms with van der Waals surface area (Å²) in [5, 5.41) is 0.162. The number of aromatic nitrogens is 3. The lowest BCUT2D eigenvalue weighted by Gasteiger charge is -2.37. The number of nitrogens with zero attached hydrogens (tertiary/aromatic N) is 3. The summed E-state index contributed by atoms with van der Waals surface area (Å²) in [6, 6.07) is 0.